The van der Waals surface area contributed by atoms with Crippen molar-refractivity contribution in [3.05, 3.63) is 0 Å². The maximum atomic E-state index is 11.4. The lowest BCUT2D eigenvalue weighted by atomic mass is 10.2. The van der Waals surface area contributed by atoms with Crippen molar-refractivity contribution in [1.82, 2.24) is 5.32 Å². The molecule has 1 rings (SSSR count). The number of carbonyl (C=O) groups excluding carboxylic acids is 1. The van der Waals surface area contributed by atoms with Crippen molar-refractivity contribution in [2.24, 2.45) is 0 Å². The Kier molecular flexibility index (Phi) is 5.31. The Morgan fingerprint density at radius 3 is 2.79 bits per heavy atom. The first-order chi connectivity index (χ1) is 6.74. The molecule has 2 nitrogen and oxygen atoms in total. The maximum absolute atomic E-state index is 11.4. The Morgan fingerprint density at radius 1 is 1.43 bits per heavy atom. The summed E-state index contributed by atoms with van der Waals surface area (Å²) in [4.78, 5) is 11.4. The third-order valence-corrected chi connectivity index (χ3v) is 3.31. The van der Waals surface area contributed by atoms with Crippen LogP contribution in [0.1, 0.15) is 51.9 Å². The Bertz CT molecular complexity index is 184. The van der Waals surface area contributed by atoms with E-state index >= 15 is 0 Å². The lowest BCUT2D eigenvalue weighted by Gasteiger charge is -2.15. The molecule has 0 aromatic heterocycles. The molecule has 0 bridgehead atoms. The van der Waals surface area contributed by atoms with E-state index in [2.05, 4.69) is 12.2 Å². The number of hydrogen-bond acceptors (Lipinski definition) is 1. The SMILES string of the molecule is CCCCCC(=O)NC1CCCC1Cl. The highest BCUT2D eigenvalue weighted by Crippen LogP contribution is 2.23. The van der Waals surface area contributed by atoms with Gasteiger partial charge in [-0.2, -0.15) is 0 Å². The summed E-state index contributed by atoms with van der Waals surface area (Å²) in [7, 11) is 0. The second kappa shape index (κ2) is 6.28. The molecule has 1 amide bonds. The van der Waals surface area contributed by atoms with Crippen LogP contribution in [0.25, 0.3) is 0 Å². The van der Waals surface area contributed by atoms with Gasteiger partial charge in [0.15, 0.2) is 0 Å². The Morgan fingerprint density at radius 2 is 2.21 bits per heavy atom. The molecule has 0 radical (unpaired) electrons. The lowest BCUT2D eigenvalue weighted by Crippen LogP contribution is -2.37. The van der Waals surface area contributed by atoms with Gasteiger partial charge in [-0.25, -0.2) is 0 Å². The highest BCUT2D eigenvalue weighted by atomic mass is 35.5. The molecule has 2 atom stereocenters. The fraction of sp³-hybridized carbons (Fsp3) is 0.909. The summed E-state index contributed by atoms with van der Waals surface area (Å²) in [5.74, 6) is 0.177. The lowest BCUT2D eigenvalue weighted by molar-refractivity contribution is -0.121. The van der Waals surface area contributed by atoms with E-state index in [0.29, 0.717) is 6.42 Å². The minimum atomic E-state index is 0.158. The first kappa shape index (κ1) is 11.8. The molecular weight excluding hydrogens is 198 g/mol. The Balaban J connectivity index is 2.13. The highest BCUT2D eigenvalue weighted by molar-refractivity contribution is 6.21. The van der Waals surface area contributed by atoms with Gasteiger partial charge in [-0.15, -0.1) is 11.6 Å². The summed E-state index contributed by atoms with van der Waals surface area (Å²) in [6.07, 6.45) is 7.20. The van der Waals surface area contributed by atoms with E-state index in [1.807, 2.05) is 0 Å². The molecule has 82 valence electrons. The second-order valence-electron chi connectivity index (χ2n) is 4.08. The average molecular weight is 218 g/mol. The monoisotopic (exact) mass is 217 g/mol. The normalized spacial score (nSPS) is 26.4. The largest absolute Gasteiger partial charge is 0.352 e. The fourth-order valence-electron chi connectivity index (χ4n) is 1.89. The predicted octanol–water partition coefficient (Wildman–Crippen LogP) is 2.84. The molecule has 0 heterocycles. The first-order valence-corrected chi connectivity index (χ1v) is 6.11. The van der Waals surface area contributed by atoms with E-state index in [1.165, 1.54) is 0 Å². The smallest absolute Gasteiger partial charge is 0.220 e. The first-order valence-electron chi connectivity index (χ1n) is 5.67. The summed E-state index contributed by atoms with van der Waals surface area (Å²) in [6.45, 7) is 2.14. The molecule has 0 aromatic rings. The third-order valence-electron chi connectivity index (χ3n) is 2.79. The van der Waals surface area contributed by atoms with Gasteiger partial charge in [0.25, 0.3) is 0 Å². The van der Waals surface area contributed by atoms with Crippen LogP contribution in [0.4, 0.5) is 0 Å². The van der Waals surface area contributed by atoms with Crippen LogP contribution in [0.15, 0.2) is 0 Å². The zero-order chi connectivity index (χ0) is 10.4. The van der Waals surface area contributed by atoms with Gasteiger partial charge in [-0.3, -0.25) is 4.79 Å². The van der Waals surface area contributed by atoms with Gasteiger partial charge < -0.3 is 5.32 Å². The molecule has 1 N–H and O–H groups in total. The van der Waals surface area contributed by atoms with Crippen molar-refractivity contribution >= 4 is 17.5 Å². The molecule has 3 heteroatoms. The molecule has 2 unspecified atom stereocenters. The Labute approximate surface area is 91.4 Å². The Hall–Kier alpha value is -0.240. The number of rotatable bonds is 5. The molecule has 0 aromatic carbocycles. The zero-order valence-electron chi connectivity index (χ0n) is 8.89. The third kappa shape index (κ3) is 3.87. The predicted molar refractivity (Wildman–Crippen MR) is 59.6 cm³/mol. The van der Waals surface area contributed by atoms with Crippen molar-refractivity contribution in [2.45, 2.75) is 63.3 Å². The standard InChI is InChI=1S/C11H20ClNO/c1-2-3-4-8-11(14)13-10-7-5-6-9(10)12/h9-10H,2-8H2,1H3,(H,13,14). The average Bonchev–Trinajstić information content (AvgIpc) is 2.52. The van der Waals surface area contributed by atoms with E-state index in [1.54, 1.807) is 0 Å². The van der Waals surface area contributed by atoms with Gasteiger partial charge in [0.1, 0.15) is 0 Å². The van der Waals surface area contributed by atoms with Crippen LogP contribution in [0.5, 0.6) is 0 Å². The van der Waals surface area contributed by atoms with Crippen molar-refractivity contribution in [3.8, 4) is 0 Å². The summed E-state index contributed by atoms with van der Waals surface area (Å²) in [5, 5.41) is 3.17. The molecular formula is C11H20ClNO. The number of amides is 1. The number of alkyl halides is 1. The number of unbranched alkanes of at least 4 members (excludes halogenated alkanes) is 2. The van der Waals surface area contributed by atoms with Crippen LogP contribution < -0.4 is 5.32 Å². The van der Waals surface area contributed by atoms with E-state index in [0.717, 1.165) is 38.5 Å². The van der Waals surface area contributed by atoms with Gasteiger partial charge in [0.2, 0.25) is 5.91 Å². The quantitative estimate of drug-likeness (QED) is 0.557. The van der Waals surface area contributed by atoms with Crippen LogP contribution in [0.3, 0.4) is 0 Å². The van der Waals surface area contributed by atoms with Crippen LogP contribution in [-0.4, -0.2) is 17.3 Å². The number of halogens is 1. The maximum Gasteiger partial charge on any atom is 0.220 e. The molecule has 1 aliphatic carbocycles. The molecule has 0 spiro atoms. The van der Waals surface area contributed by atoms with Gasteiger partial charge in [-0.1, -0.05) is 19.8 Å². The van der Waals surface area contributed by atoms with E-state index < -0.39 is 0 Å². The molecule has 14 heavy (non-hydrogen) atoms. The number of nitrogens with one attached hydrogen (secondary N) is 1. The van der Waals surface area contributed by atoms with Gasteiger partial charge in [0.05, 0.1) is 5.38 Å². The van der Waals surface area contributed by atoms with Crippen LogP contribution in [0, 0.1) is 0 Å². The van der Waals surface area contributed by atoms with E-state index in [-0.39, 0.29) is 17.3 Å². The number of carbonyl (C=O) groups is 1. The van der Waals surface area contributed by atoms with Crippen molar-refractivity contribution < 1.29 is 4.79 Å². The molecule has 1 fully saturated rings. The van der Waals surface area contributed by atoms with Crippen molar-refractivity contribution in [2.75, 3.05) is 0 Å². The zero-order valence-corrected chi connectivity index (χ0v) is 9.65. The molecule has 1 saturated carbocycles. The fourth-order valence-corrected chi connectivity index (χ4v) is 2.24. The van der Waals surface area contributed by atoms with E-state index in [9.17, 15) is 4.79 Å². The van der Waals surface area contributed by atoms with Gasteiger partial charge in [-0.05, 0) is 25.7 Å². The summed E-state index contributed by atoms with van der Waals surface area (Å²) < 4.78 is 0. The molecule has 1 aliphatic rings. The molecule has 0 aliphatic heterocycles. The topological polar surface area (TPSA) is 29.1 Å². The van der Waals surface area contributed by atoms with Crippen LogP contribution >= 0.6 is 11.6 Å². The summed E-state index contributed by atoms with van der Waals surface area (Å²) in [5.41, 5.74) is 0. The van der Waals surface area contributed by atoms with Gasteiger partial charge in [0, 0.05) is 12.5 Å². The summed E-state index contributed by atoms with van der Waals surface area (Å²) >= 11 is 6.07. The van der Waals surface area contributed by atoms with Gasteiger partial charge >= 0.3 is 0 Å². The highest BCUT2D eigenvalue weighted by Gasteiger charge is 2.26. The second-order valence-corrected chi connectivity index (χ2v) is 4.64. The minimum Gasteiger partial charge on any atom is -0.352 e. The van der Waals surface area contributed by atoms with Crippen LogP contribution in [-0.2, 0) is 4.79 Å². The molecule has 0 saturated heterocycles. The van der Waals surface area contributed by atoms with Crippen molar-refractivity contribution in [1.29, 1.82) is 0 Å². The minimum absolute atomic E-state index is 0.158. The van der Waals surface area contributed by atoms with Crippen LogP contribution in [0.2, 0.25) is 0 Å². The summed E-state index contributed by atoms with van der Waals surface area (Å²) in [6, 6.07) is 0.228. The number of hydrogen-bond donors (Lipinski definition) is 1. The van der Waals surface area contributed by atoms with Crippen molar-refractivity contribution in [3.63, 3.8) is 0 Å². The van der Waals surface area contributed by atoms with E-state index in [4.69, 9.17) is 11.6 Å².